The largest absolute Gasteiger partial charge is 0.452 e. The van der Waals surface area contributed by atoms with Crippen LogP contribution in [0.3, 0.4) is 0 Å². The molecule has 0 saturated carbocycles. The number of benzene rings is 2. The van der Waals surface area contributed by atoms with Gasteiger partial charge in [0.15, 0.2) is 6.61 Å². The van der Waals surface area contributed by atoms with Gasteiger partial charge in [0.1, 0.15) is 0 Å². The molecule has 5 heteroatoms. The highest BCUT2D eigenvalue weighted by molar-refractivity contribution is 6.05. The second kappa shape index (κ2) is 8.65. The van der Waals surface area contributed by atoms with Crippen LogP contribution in [-0.4, -0.2) is 23.5 Å². The SMILES string of the molecule is CCc1ccc(NC(=O)COC(=O)c2c(C)c(CC)nc3ccccc23)cc1. The van der Waals surface area contributed by atoms with E-state index in [2.05, 4.69) is 17.2 Å². The van der Waals surface area contributed by atoms with Crippen LogP contribution < -0.4 is 5.32 Å². The maximum Gasteiger partial charge on any atom is 0.339 e. The van der Waals surface area contributed by atoms with Crippen LogP contribution >= 0.6 is 0 Å². The van der Waals surface area contributed by atoms with E-state index in [0.29, 0.717) is 17.7 Å². The molecule has 0 spiro atoms. The molecular weight excluding hydrogens is 352 g/mol. The van der Waals surface area contributed by atoms with Crippen molar-refractivity contribution in [3.8, 4) is 0 Å². The van der Waals surface area contributed by atoms with Crippen molar-refractivity contribution in [1.29, 1.82) is 0 Å². The summed E-state index contributed by atoms with van der Waals surface area (Å²) in [6, 6.07) is 15.1. The van der Waals surface area contributed by atoms with Crippen molar-refractivity contribution in [3.63, 3.8) is 0 Å². The van der Waals surface area contributed by atoms with Crippen molar-refractivity contribution in [1.82, 2.24) is 4.98 Å². The van der Waals surface area contributed by atoms with Crippen LogP contribution in [0.15, 0.2) is 48.5 Å². The Balaban J connectivity index is 1.74. The summed E-state index contributed by atoms with van der Waals surface area (Å²) in [7, 11) is 0. The number of aryl methyl sites for hydroxylation is 2. The Morgan fingerprint density at radius 1 is 1.00 bits per heavy atom. The smallest absolute Gasteiger partial charge is 0.339 e. The van der Waals surface area contributed by atoms with Crippen molar-refractivity contribution in [3.05, 3.63) is 70.9 Å². The summed E-state index contributed by atoms with van der Waals surface area (Å²) in [5.74, 6) is -0.883. The fraction of sp³-hybridized carbons (Fsp3) is 0.261. The molecule has 0 saturated heterocycles. The molecule has 5 nitrogen and oxygen atoms in total. The van der Waals surface area contributed by atoms with E-state index in [9.17, 15) is 9.59 Å². The number of nitrogens with one attached hydrogen (secondary N) is 1. The topological polar surface area (TPSA) is 68.3 Å². The molecule has 28 heavy (non-hydrogen) atoms. The molecule has 0 radical (unpaired) electrons. The second-order valence-electron chi connectivity index (χ2n) is 6.60. The first-order chi connectivity index (χ1) is 13.5. The van der Waals surface area contributed by atoms with Gasteiger partial charge in [-0.2, -0.15) is 0 Å². The minimum Gasteiger partial charge on any atom is -0.452 e. The van der Waals surface area contributed by atoms with Gasteiger partial charge in [-0.3, -0.25) is 9.78 Å². The van der Waals surface area contributed by atoms with Crippen LogP contribution in [0, 0.1) is 6.92 Å². The number of carbonyl (C=O) groups excluding carboxylic acids is 2. The molecule has 0 aliphatic rings. The van der Waals surface area contributed by atoms with Gasteiger partial charge in [0, 0.05) is 16.8 Å². The Bertz CT molecular complexity index is 1010. The molecule has 0 unspecified atom stereocenters. The lowest BCUT2D eigenvalue weighted by atomic mass is 10.0. The number of hydrogen-bond acceptors (Lipinski definition) is 4. The summed E-state index contributed by atoms with van der Waals surface area (Å²) in [6.45, 7) is 5.59. The number of pyridine rings is 1. The predicted octanol–water partition coefficient (Wildman–Crippen LogP) is 4.46. The number of anilines is 1. The number of ether oxygens (including phenoxy) is 1. The van der Waals surface area contributed by atoms with Crippen LogP contribution in [0.2, 0.25) is 0 Å². The quantitative estimate of drug-likeness (QED) is 0.645. The van der Waals surface area contributed by atoms with Gasteiger partial charge >= 0.3 is 5.97 Å². The summed E-state index contributed by atoms with van der Waals surface area (Å²) in [6.07, 6.45) is 1.65. The number of amides is 1. The Hall–Kier alpha value is -3.21. The van der Waals surface area contributed by atoms with Crippen molar-refractivity contribution in [2.24, 2.45) is 0 Å². The molecule has 1 N–H and O–H groups in total. The van der Waals surface area contributed by atoms with Gasteiger partial charge in [-0.15, -0.1) is 0 Å². The van der Waals surface area contributed by atoms with E-state index in [1.54, 1.807) is 0 Å². The van der Waals surface area contributed by atoms with Crippen LogP contribution in [-0.2, 0) is 22.4 Å². The highest BCUT2D eigenvalue weighted by atomic mass is 16.5. The standard InChI is InChI=1S/C23H24N2O3/c1-4-16-10-12-17(13-11-16)24-21(26)14-28-23(27)22-15(3)19(5-2)25-20-9-7-6-8-18(20)22/h6-13H,4-5,14H2,1-3H3,(H,24,26). The van der Waals surface area contributed by atoms with E-state index >= 15 is 0 Å². The van der Waals surface area contributed by atoms with E-state index in [4.69, 9.17) is 4.74 Å². The van der Waals surface area contributed by atoms with Gasteiger partial charge in [-0.05, 0) is 49.1 Å². The zero-order chi connectivity index (χ0) is 20.1. The number of hydrogen-bond donors (Lipinski definition) is 1. The maximum atomic E-state index is 12.8. The van der Waals surface area contributed by atoms with Gasteiger partial charge in [-0.25, -0.2) is 4.79 Å². The van der Waals surface area contributed by atoms with E-state index in [0.717, 1.165) is 28.6 Å². The second-order valence-corrected chi connectivity index (χ2v) is 6.60. The summed E-state index contributed by atoms with van der Waals surface area (Å²) < 4.78 is 5.32. The first-order valence-corrected chi connectivity index (χ1v) is 9.47. The van der Waals surface area contributed by atoms with Gasteiger partial charge < -0.3 is 10.1 Å². The third kappa shape index (κ3) is 4.19. The van der Waals surface area contributed by atoms with Crippen molar-refractivity contribution in [2.75, 3.05) is 11.9 Å². The number of fused-ring (bicyclic) bond motifs is 1. The molecule has 1 amide bonds. The molecule has 3 rings (SSSR count). The predicted molar refractivity (Wildman–Crippen MR) is 111 cm³/mol. The molecule has 0 bridgehead atoms. The van der Waals surface area contributed by atoms with Crippen molar-refractivity contribution >= 4 is 28.5 Å². The van der Waals surface area contributed by atoms with Gasteiger partial charge in [0.05, 0.1) is 11.1 Å². The maximum absolute atomic E-state index is 12.8. The molecule has 0 atom stereocenters. The summed E-state index contributed by atoms with van der Waals surface area (Å²) >= 11 is 0. The summed E-state index contributed by atoms with van der Waals surface area (Å²) in [5, 5.41) is 3.48. The molecule has 2 aromatic carbocycles. The lowest BCUT2D eigenvalue weighted by Gasteiger charge is -2.13. The minimum atomic E-state index is -0.512. The molecule has 3 aromatic rings. The van der Waals surface area contributed by atoms with Gasteiger partial charge in [0.25, 0.3) is 5.91 Å². The van der Waals surface area contributed by atoms with Crippen LogP contribution in [0.5, 0.6) is 0 Å². The van der Waals surface area contributed by atoms with Crippen LogP contribution in [0.25, 0.3) is 10.9 Å². The summed E-state index contributed by atoms with van der Waals surface area (Å²) in [5.41, 5.74) is 4.74. The van der Waals surface area contributed by atoms with E-state index in [-0.39, 0.29) is 12.5 Å². The van der Waals surface area contributed by atoms with Gasteiger partial charge in [-0.1, -0.05) is 44.2 Å². The number of nitrogens with zero attached hydrogens (tertiary/aromatic N) is 1. The van der Waals surface area contributed by atoms with Crippen LogP contribution in [0.4, 0.5) is 5.69 Å². The Labute approximate surface area is 164 Å². The fourth-order valence-corrected chi connectivity index (χ4v) is 3.19. The third-order valence-corrected chi connectivity index (χ3v) is 4.76. The minimum absolute atomic E-state index is 0.341. The number of aromatic nitrogens is 1. The Morgan fingerprint density at radius 2 is 1.71 bits per heavy atom. The molecule has 144 valence electrons. The zero-order valence-corrected chi connectivity index (χ0v) is 16.4. The molecule has 0 aliphatic heterocycles. The molecule has 0 fully saturated rings. The Morgan fingerprint density at radius 3 is 2.39 bits per heavy atom. The number of para-hydroxylation sites is 1. The first-order valence-electron chi connectivity index (χ1n) is 9.47. The van der Waals surface area contributed by atoms with E-state index in [1.165, 1.54) is 5.56 Å². The van der Waals surface area contributed by atoms with E-state index in [1.807, 2.05) is 62.4 Å². The number of rotatable bonds is 6. The normalized spacial score (nSPS) is 10.7. The monoisotopic (exact) mass is 376 g/mol. The number of esters is 1. The molecule has 1 aromatic heterocycles. The highest BCUT2D eigenvalue weighted by Gasteiger charge is 2.19. The summed E-state index contributed by atoms with van der Waals surface area (Å²) in [4.78, 5) is 29.5. The van der Waals surface area contributed by atoms with Crippen molar-refractivity contribution in [2.45, 2.75) is 33.6 Å². The lowest BCUT2D eigenvalue weighted by molar-refractivity contribution is -0.119. The molecule has 0 aliphatic carbocycles. The highest BCUT2D eigenvalue weighted by Crippen LogP contribution is 2.24. The average Bonchev–Trinajstić information content (AvgIpc) is 2.72. The fourth-order valence-electron chi connectivity index (χ4n) is 3.19. The van der Waals surface area contributed by atoms with Gasteiger partial charge in [0.2, 0.25) is 0 Å². The zero-order valence-electron chi connectivity index (χ0n) is 16.4. The first kappa shape index (κ1) is 19.5. The third-order valence-electron chi connectivity index (χ3n) is 4.76. The number of carbonyl (C=O) groups is 2. The van der Waals surface area contributed by atoms with E-state index < -0.39 is 5.97 Å². The van der Waals surface area contributed by atoms with Crippen molar-refractivity contribution < 1.29 is 14.3 Å². The average molecular weight is 376 g/mol. The lowest BCUT2D eigenvalue weighted by Crippen LogP contribution is -2.21. The molecular formula is C23H24N2O3. The van der Waals surface area contributed by atoms with Crippen LogP contribution in [0.1, 0.15) is 41.0 Å². The molecule has 1 heterocycles. The Kier molecular flexibility index (Phi) is 6.04.